The van der Waals surface area contributed by atoms with E-state index in [-0.39, 0.29) is 0 Å². The fourth-order valence-electron chi connectivity index (χ4n) is 1.44. The highest BCUT2D eigenvalue weighted by Gasteiger charge is 2.08. The quantitative estimate of drug-likeness (QED) is 0.889. The third kappa shape index (κ3) is 2.70. The summed E-state index contributed by atoms with van der Waals surface area (Å²) in [7, 11) is 1.88. The number of nitrogens with zero attached hydrogens (tertiary/aromatic N) is 4. The number of anilines is 3. The lowest BCUT2D eigenvalue weighted by atomic mass is 10.4. The third-order valence-electron chi connectivity index (χ3n) is 2.44. The second-order valence-electron chi connectivity index (χ2n) is 3.84. The van der Waals surface area contributed by atoms with Crippen molar-refractivity contribution in [2.24, 2.45) is 7.05 Å². The summed E-state index contributed by atoms with van der Waals surface area (Å²) in [5, 5.41) is 10.9. The molecule has 0 aliphatic carbocycles. The van der Waals surface area contributed by atoms with Gasteiger partial charge >= 0.3 is 0 Å². The van der Waals surface area contributed by atoms with Gasteiger partial charge in [0.05, 0.1) is 6.20 Å². The first-order chi connectivity index (χ1) is 8.60. The highest BCUT2D eigenvalue weighted by Crippen LogP contribution is 2.23. The van der Waals surface area contributed by atoms with Crippen LogP contribution in [0.4, 0.5) is 17.6 Å². The molecule has 0 bridgehead atoms. The molecule has 0 aromatic carbocycles. The van der Waals surface area contributed by atoms with Gasteiger partial charge in [-0.15, -0.1) is 0 Å². The lowest BCUT2D eigenvalue weighted by molar-refractivity contribution is 0.743. The van der Waals surface area contributed by atoms with Gasteiger partial charge in [-0.05, 0) is 13.8 Å². The molecule has 0 saturated heterocycles. The Bertz CT molecular complexity index is 531. The monoisotopic (exact) mass is 266 g/mol. The number of aromatic nitrogens is 4. The van der Waals surface area contributed by atoms with Gasteiger partial charge in [0, 0.05) is 25.4 Å². The Morgan fingerprint density at radius 2 is 2.22 bits per heavy atom. The number of aryl methyl sites for hydroxylation is 2. The Kier molecular flexibility index (Phi) is 3.66. The fraction of sp³-hybridized carbons (Fsp3) is 0.364. The summed E-state index contributed by atoms with van der Waals surface area (Å²) in [5.74, 6) is 1.79. The van der Waals surface area contributed by atoms with Crippen LogP contribution in [-0.2, 0) is 7.05 Å². The third-order valence-corrected chi connectivity index (χ3v) is 2.72. The maximum atomic E-state index is 6.04. The van der Waals surface area contributed by atoms with Crippen molar-refractivity contribution in [2.75, 3.05) is 17.2 Å². The maximum absolute atomic E-state index is 6.04. The predicted octanol–water partition coefficient (Wildman–Crippen LogP) is 2.35. The van der Waals surface area contributed by atoms with Gasteiger partial charge in [0.1, 0.15) is 5.02 Å². The average molecular weight is 267 g/mol. The van der Waals surface area contributed by atoms with E-state index in [2.05, 4.69) is 25.7 Å². The minimum Gasteiger partial charge on any atom is -0.354 e. The Hall–Kier alpha value is -1.82. The van der Waals surface area contributed by atoms with Crippen LogP contribution in [0.3, 0.4) is 0 Å². The van der Waals surface area contributed by atoms with Crippen molar-refractivity contribution in [1.29, 1.82) is 0 Å². The van der Waals surface area contributed by atoms with Gasteiger partial charge in [-0.25, -0.2) is 4.98 Å². The fourth-order valence-corrected chi connectivity index (χ4v) is 1.58. The molecule has 0 amide bonds. The Labute approximate surface area is 110 Å². The molecule has 2 heterocycles. The Balaban J connectivity index is 2.24. The van der Waals surface area contributed by atoms with Crippen LogP contribution in [-0.4, -0.2) is 26.3 Å². The standard InChI is InChI=1S/C11H15ClN6/c1-4-13-11-14-6-8(12)10(16-11)15-9-5-7(2)18(3)17-9/h5-6H,4H2,1-3H3,(H2,13,14,15,16,17). The van der Waals surface area contributed by atoms with Crippen LogP contribution in [0, 0.1) is 6.92 Å². The summed E-state index contributed by atoms with van der Waals surface area (Å²) in [5.41, 5.74) is 1.05. The number of halogens is 1. The molecule has 7 heteroatoms. The number of rotatable bonds is 4. The van der Waals surface area contributed by atoms with Crippen molar-refractivity contribution >= 4 is 29.2 Å². The molecule has 0 aliphatic heterocycles. The van der Waals surface area contributed by atoms with Crippen LogP contribution in [0.1, 0.15) is 12.6 Å². The summed E-state index contributed by atoms with van der Waals surface area (Å²) < 4.78 is 1.78. The molecular weight excluding hydrogens is 252 g/mol. The molecule has 96 valence electrons. The predicted molar refractivity (Wildman–Crippen MR) is 72.4 cm³/mol. The van der Waals surface area contributed by atoms with Gasteiger partial charge in [0.15, 0.2) is 11.6 Å². The van der Waals surface area contributed by atoms with Crippen molar-refractivity contribution in [3.63, 3.8) is 0 Å². The van der Waals surface area contributed by atoms with Crippen LogP contribution in [0.25, 0.3) is 0 Å². The molecule has 2 N–H and O–H groups in total. The zero-order valence-electron chi connectivity index (χ0n) is 10.5. The molecule has 0 aliphatic rings. The Morgan fingerprint density at radius 1 is 1.44 bits per heavy atom. The summed E-state index contributed by atoms with van der Waals surface area (Å²) >= 11 is 6.04. The topological polar surface area (TPSA) is 67.7 Å². The second-order valence-corrected chi connectivity index (χ2v) is 4.25. The lowest BCUT2D eigenvalue weighted by Gasteiger charge is -2.07. The number of nitrogens with one attached hydrogen (secondary N) is 2. The Morgan fingerprint density at radius 3 is 2.83 bits per heavy atom. The van der Waals surface area contributed by atoms with Crippen molar-refractivity contribution < 1.29 is 0 Å². The molecule has 2 rings (SSSR count). The van der Waals surface area contributed by atoms with Crippen LogP contribution in [0.15, 0.2) is 12.3 Å². The van der Waals surface area contributed by atoms with Crippen LogP contribution in [0.2, 0.25) is 5.02 Å². The SMILES string of the molecule is CCNc1ncc(Cl)c(Nc2cc(C)n(C)n2)n1. The minimum atomic E-state index is 0.458. The number of hydrogen-bond acceptors (Lipinski definition) is 5. The van der Waals surface area contributed by atoms with E-state index in [4.69, 9.17) is 11.6 Å². The highest BCUT2D eigenvalue weighted by atomic mass is 35.5. The van der Waals surface area contributed by atoms with Crippen molar-refractivity contribution in [2.45, 2.75) is 13.8 Å². The molecule has 0 fully saturated rings. The van der Waals surface area contributed by atoms with Crippen LogP contribution in [0.5, 0.6) is 0 Å². The average Bonchev–Trinajstić information content (AvgIpc) is 2.63. The number of hydrogen-bond donors (Lipinski definition) is 2. The van der Waals surface area contributed by atoms with Gasteiger partial charge in [0.2, 0.25) is 5.95 Å². The lowest BCUT2D eigenvalue weighted by Crippen LogP contribution is -2.04. The molecule has 18 heavy (non-hydrogen) atoms. The van der Waals surface area contributed by atoms with E-state index in [0.29, 0.717) is 22.6 Å². The van der Waals surface area contributed by atoms with Gasteiger partial charge in [-0.1, -0.05) is 11.6 Å². The van der Waals surface area contributed by atoms with Crippen LogP contribution >= 0.6 is 11.6 Å². The molecular formula is C11H15ClN6. The van der Waals surface area contributed by atoms with E-state index >= 15 is 0 Å². The maximum Gasteiger partial charge on any atom is 0.224 e. The largest absolute Gasteiger partial charge is 0.354 e. The molecule has 0 spiro atoms. The molecule has 0 saturated carbocycles. The van der Waals surface area contributed by atoms with Gasteiger partial charge < -0.3 is 10.6 Å². The van der Waals surface area contributed by atoms with Crippen molar-refractivity contribution in [3.05, 3.63) is 23.0 Å². The zero-order chi connectivity index (χ0) is 13.1. The van der Waals surface area contributed by atoms with E-state index in [1.807, 2.05) is 27.0 Å². The molecule has 0 atom stereocenters. The first-order valence-electron chi connectivity index (χ1n) is 5.64. The van der Waals surface area contributed by atoms with E-state index in [1.165, 1.54) is 0 Å². The normalized spacial score (nSPS) is 10.4. The van der Waals surface area contributed by atoms with E-state index in [0.717, 1.165) is 12.2 Å². The molecule has 2 aromatic heterocycles. The van der Waals surface area contributed by atoms with E-state index in [1.54, 1.807) is 10.9 Å². The minimum absolute atomic E-state index is 0.458. The molecule has 0 radical (unpaired) electrons. The molecule has 6 nitrogen and oxygen atoms in total. The summed E-state index contributed by atoms with van der Waals surface area (Å²) in [6.45, 7) is 4.71. The van der Waals surface area contributed by atoms with Gasteiger partial charge in [0.25, 0.3) is 0 Å². The second kappa shape index (κ2) is 5.22. The highest BCUT2D eigenvalue weighted by molar-refractivity contribution is 6.32. The first kappa shape index (κ1) is 12.6. The summed E-state index contributed by atoms with van der Waals surface area (Å²) in [6.07, 6.45) is 1.56. The zero-order valence-corrected chi connectivity index (χ0v) is 11.3. The van der Waals surface area contributed by atoms with E-state index in [9.17, 15) is 0 Å². The van der Waals surface area contributed by atoms with Crippen LogP contribution < -0.4 is 10.6 Å². The van der Waals surface area contributed by atoms with Gasteiger partial charge in [-0.3, -0.25) is 4.68 Å². The summed E-state index contributed by atoms with van der Waals surface area (Å²) in [6, 6.07) is 1.92. The smallest absolute Gasteiger partial charge is 0.224 e. The first-order valence-corrected chi connectivity index (χ1v) is 6.02. The summed E-state index contributed by atoms with van der Waals surface area (Å²) in [4.78, 5) is 8.35. The van der Waals surface area contributed by atoms with Crippen molar-refractivity contribution in [3.8, 4) is 0 Å². The molecule has 0 unspecified atom stereocenters. The van der Waals surface area contributed by atoms with Crippen molar-refractivity contribution in [1.82, 2.24) is 19.7 Å². The van der Waals surface area contributed by atoms with Gasteiger partial charge in [-0.2, -0.15) is 10.1 Å². The van der Waals surface area contributed by atoms with E-state index < -0.39 is 0 Å². The molecule has 2 aromatic rings.